The summed E-state index contributed by atoms with van der Waals surface area (Å²) in [6.45, 7) is 2.05. The molecule has 0 radical (unpaired) electrons. The molecule has 1 aromatic carbocycles. The number of hydrogen-bond donors (Lipinski definition) is 3. The average molecular weight is 247 g/mol. The molecule has 1 unspecified atom stereocenters. The Hall–Kier alpha value is -1.55. The van der Waals surface area contributed by atoms with Crippen molar-refractivity contribution in [3.05, 3.63) is 35.4 Å². The van der Waals surface area contributed by atoms with Crippen molar-refractivity contribution in [2.24, 2.45) is 10.9 Å². The molecule has 1 atom stereocenters. The first kappa shape index (κ1) is 12.9. The van der Waals surface area contributed by atoms with E-state index in [0.717, 1.165) is 25.9 Å². The first-order valence-electron chi connectivity index (χ1n) is 6.56. The number of rotatable bonds is 7. The molecule has 4 heteroatoms. The Labute approximate surface area is 108 Å². The van der Waals surface area contributed by atoms with Gasteiger partial charge in [-0.3, -0.25) is 0 Å². The van der Waals surface area contributed by atoms with E-state index >= 15 is 0 Å². The number of nitrogens with zero attached hydrogens (tertiary/aromatic N) is 1. The Kier molecular flexibility index (Phi) is 4.59. The van der Waals surface area contributed by atoms with Gasteiger partial charge in [0.2, 0.25) is 0 Å². The highest BCUT2D eigenvalue weighted by molar-refractivity contribution is 5.79. The smallest absolute Gasteiger partial charge is 0.139 e. The second kappa shape index (κ2) is 6.40. The van der Waals surface area contributed by atoms with E-state index in [-0.39, 0.29) is 0 Å². The van der Waals surface area contributed by atoms with E-state index in [1.54, 1.807) is 0 Å². The molecular weight excluding hydrogens is 226 g/mol. The monoisotopic (exact) mass is 247 g/mol. The highest BCUT2D eigenvalue weighted by atomic mass is 16.4. The maximum atomic E-state index is 8.39. The van der Waals surface area contributed by atoms with E-state index in [0.29, 0.717) is 18.2 Å². The van der Waals surface area contributed by atoms with Crippen LogP contribution in [0, 0.1) is 0 Å². The summed E-state index contributed by atoms with van der Waals surface area (Å²) in [5.74, 6) is 1.01. The van der Waals surface area contributed by atoms with Gasteiger partial charge in [0.25, 0.3) is 0 Å². The fraction of sp³-hybridized carbons (Fsp3) is 0.500. The SMILES string of the molecule is NC(CCCCNCC1Cc2ccccc21)=NO. The van der Waals surface area contributed by atoms with Gasteiger partial charge in [-0.05, 0) is 36.9 Å². The third kappa shape index (κ3) is 3.23. The Bertz CT molecular complexity index is 417. The summed E-state index contributed by atoms with van der Waals surface area (Å²) >= 11 is 0. The summed E-state index contributed by atoms with van der Waals surface area (Å²) < 4.78 is 0. The van der Waals surface area contributed by atoms with E-state index in [4.69, 9.17) is 10.9 Å². The van der Waals surface area contributed by atoms with E-state index < -0.39 is 0 Å². The summed E-state index contributed by atoms with van der Waals surface area (Å²) in [6, 6.07) is 8.66. The fourth-order valence-electron chi connectivity index (χ4n) is 2.43. The fourth-order valence-corrected chi connectivity index (χ4v) is 2.43. The quantitative estimate of drug-likeness (QED) is 0.226. The van der Waals surface area contributed by atoms with Gasteiger partial charge in [-0.25, -0.2) is 0 Å². The molecule has 4 nitrogen and oxygen atoms in total. The molecule has 0 spiro atoms. The number of benzene rings is 1. The van der Waals surface area contributed by atoms with Gasteiger partial charge in [0.1, 0.15) is 5.84 Å². The van der Waals surface area contributed by atoms with Crippen LogP contribution < -0.4 is 11.1 Å². The van der Waals surface area contributed by atoms with E-state index in [2.05, 4.69) is 34.7 Å². The minimum absolute atomic E-state index is 0.322. The van der Waals surface area contributed by atoms with Crippen molar-refractivity contribution in [3.8, 4) is 0 Å². The minimum atomic E-state index is 0.322. The molecular formula is C14H21N3O. The number of fused-ring (bicyclic) bond motifs is 1. The Morgan fingerprint density at radius 2 is 2.22 bits per heavy atom. The second-order valence-corrected chi connectivity index (χ2v) is 4.85. The van der Waals surface area contributed by atoms with Crippen LogP contribution in [-0.4, -0.2) is 24.1 Å². The lowest BCUT2D eigenvalue weighted by molar-refractivity contribution is 0.316. The molecule has 0 aromatic heterocycles. The van der Waals surface area contributed by atoms with Gasteiger partial charge in [-0.15, -0.1) is 0 Å². The minimum Gasteiger partial charge on any atom is -0.409 e. The van der Waals surface area contributed by atoms with E-state index in [9.17, 15) is 0 Å². The van der Waals surface area contributed by atoms with Crippen LogP contribution in [0.2, 0.25) is 0 Å². The van der Waals surface area contributed by atoms with Gasteiger partial charge in [0, 0.05) is 18.9 Å². The molecule has 1 aliphatic rings. The standard InChI is InChI=1S/C14H21N3O/c15-14(17-18)7-3-4-8-16-10-12-9-11-5-1-2-6-13(11)12/h1-2,5-6,12,16,18H,3-4,7-10H2,(H2,15,17). The van der Waals surface area contributed by atoms with Crippen molar-refractivity contribution < 1.29 is 5.21 Å². The Morgan fingerprint density at radius 1 is 1.39 bits per heavy atom. The molecule has 2 rings (SSSR count). The number of hydrogen-bond acceptors (Lipinski definition) is 3. The Balaban J connectivity index is 1.55. The first-order valence-corrected chi connectivity index (χ1v) is 6.56. The predicted molar refractivity (Wildman–Crippen MR) is 73.0 cm³/mol. The number of nitrogens with two attached hydrogens (primary N) is 1. The summed E-state index contributed by atoms with van der Waals surface area (Å²) in [4.78, 5) is 0. The van der Waals surface area contributed by atoms with Gasteiger partial charge < -0.3 is 16.3 Å². The van der Waals surface area contributed by atoms with Crippen molar-refractivity contribution >= 4 is 5.84 Å². The normalized spacial score (nSPS) is 18.2. The summed E-state index contributed by atoms with van der Waals surface area (Å²) in [5, 5.41) is 14.8. The zero-order valence-electron chi connectivity index (χ0n) is 10.6. The molecule has 1 aromatic rings. The van der Waals surface area contributed by atoms with Gasteiger partial charge in [-0.2, -0.15) is 0 Å². The highest BCUT2D eigenvalue weighted by Gasteiger charge is 2.24. The van der Waals surface area contributed by atoms with Crippen LogP contribution in [0.5, 0.6) is 0 Å². The molecule has 0 amide bonds. The second-order valence-electron chi connectivity index (χ2n) is 4.85. The molecule has 18 heavy (non-hydrogen) atoms. The maximum Gasteiger partial charge on any atom is 0.139 e. The molecule has 98 valence electrons. The largest absolute Gasteiger partial charge is 0.409 e. The van der Waals surface area contributed by atoms with Gasteiger partial charge in [0.15, 0.2) is 0 Å². The van der Waals surface area contributed by atoms with Crippen LogP contribution in [0.15, 0.2) is 29.4 Å². The van der Waals surface area contributed by atoms with Crippen LogP contribution in [0.4, 0.5) is 0 Å². The lowest BCUT2D eigenvalue weighted by atomic mass is 9.77. The van der Waals surface area contributed by atoms with Crippen LogP contribution in [0.3, 0.4) is 0 Å². The Morgan fingerprint density at radius 3 is 3.00 bits per heavy atom. The van der Waals surface area contributed by atoms with Crippen molar-refractivity contribution in [2.75, 3.05) is 13.1 Å². The van der Waals surface area contributed by atoms with Crippen LogP contribution in [0.1, 0.15) is 36.3 Å². The zero-order chi connectivity index (χ0) is 12.8. The summed E-state index contributed by atoms with van der Waals surface area (Å²) in [5.41, 5.74) is 8.40. The molecule has 0 saturated carbocycles. The van der Waals surface area contributed by atoms with Crippen LogP contribution in [0.25, 0.3) is 0 Å². The van der Waals surface area contributed by atoms with Gasteiger partial charge >= 0.3 is 0 Å². The van der Waals surface area contributed by atoms with Crippen LogP contribution in [-0.2, 0) is 6.42 Å². The topological polar surface area (TPSA) is 70.6 Å². The van der Waals surface area contributed by atoms with Gasteiger partial charge in [-0.1, -0.05) is 29.4 Å². The van der Waals surface area contributed by atoms with E-state index in [1.807, 2.05) is 0 Å². The molecule has 4 N–H and O–H groups in total. The molecule has 0 aliphatic heterocycles. The number of unbranched alkanes of at least 4 members (excludes halogenated alkanes) is 1. The lowest BCUT2D eigenvalue weighted by Gasteiger charge is -2.30. The summed E-state index contributed by atoms with van der Waals surface area (Å²) in [6.07, 6.45) is 3.90. The number of amidine groups is 1. The van der Waals surface area contributed by atoms with E-state index in [1.165, 1.54) is 17.5 Å². The first-order chi connectivity index (χ1) is 8.81. The van der Waals surface area contributed by atoms with Crippen LogP contribution >= 0.6 is 0 Å². The van der Waals surface area contributed by atoms with Crippen molar-refractivity contribution in [1.29, 1.82) is 0 Å². The third-order valence-corrected chi connectivity index (χ3v) is 3.52. The zero-order valence-corrected chi connectivity index (χ0v) is 10.6. The molecule has 1 aliphatic carbocycles. The number of oxime groups is 1. The van der Waals surface area contributed by atoms with Crippen molar-refractivity contribution in [1.82, 2.24) is 5.32 Å². The molecule has 0 fully saturated rings. The maximum absolute atomic E-state index is 8.39. The molecule has 0 bridgehead atoms. The van der Waals surface area contributed by atoms with Crippen molar-refractivity contribution in [2.45, 2.75) is 31.6 Å². The third-order valence-electron chi connectivity index (χ3n) is 3.52. The van der Waals surface area contributed by atoms with Gasteiger partial charge in [0.05, 0.1) is 0 Å². The highest BCUT2D eigenvalue weighted by Crippen LogP contribution is 2.33. The predicted octanol–water partition coefficient (Wildman–Crippen LogP) is 1.83. The van der Waals surface area contributed by atoms with Crippen molar-refractivity contribution in [3.63, 3.8) is 0 Å². The molecule has 0 heterocycles. The lowest BCUT2D eigenvalue weighted by Crippen LogP contribution is -2.29. The average Bonchev–Trinajstić information content (AvgIpc) is 2.37. The molecule has 0 saturated heterocycles. The summed E-state index contributed by atoms with van der Waals surface area (Å²) in [7, 11) is 0. The number of nitrogens with one attached hydrogen (secondary N) is 1.